The predicted molar refractivity (Wildman–Crippen MR) is 91.8 cm³/mol. The second-order valence-corrected chi connectivity index (χ2v) is 5.27. The fourth-order valence-electron chi connectivity index (χ4n) is 1.10. The average molecular weight is 373 g/mol. The second-order valence-electron chi connectivity index (χ2n) is 4.28. The Hall–Kier alpha value is 0.350. The van der Waals surface area contributed by atoms with Crippen LogP contribution in [0.25, 0.3) is 0 Å². The molecule has 0 aromatic rings. The van der Waals surface area contributed by atoms with Crippen LogP contribution in [0.15, 0.2) is 4.99 Å². The van der Waals surface area contributed by atoms with Gasteiger partial charge in [0.1, 0.15) is 0 Å². The summed E-state index contributed by atoms with van der Waals surface area (Å²) in [6, 6.07) is 0.457. The van der Waals surface area contributed by atoms with Crippen LogP contribution >= 0.6 is 35.7 Å². The van der Waals surface area contributed by atoms with E-state index in [-0.39, 0.29) is 24.0 Å². The Balaban J connectivity index is 0. The van der Waals surface area contributed by atoms with Crippen LogP contribution in [0.2, 0.25) is 0 Å². The van der Waals surface area contributed by atoms with Crippen molar-refractivity contribution in [1.82, 2.24) is 10.6 Å². The molecule has 0 heterocycles. The van der Waals surface area contributed by atoms with E-state index in [1.54, 1.807) is 0 Å². The lowest BCUT2D eigenvalue weighted by Gasteiger charge is -2.20. The topological polar surface area (TPSA) is 36.4 Å². The summed E-state index contributed by atoms with van der Waals surface area (Å²) in [4.78, 5) is 4.55. The zero-order valence-electron chi connectivity index (χ0n) is 11.7. The lowest BCUT2D eigenvalue weighted by Crippen LogP contribution is -2.44. The Labute approximate surface area is 128 Å². The van der Waals surface area contributed by atoms with Crippen LogP contribution in [-0.4, -0.2) is 37.1 Å². The number of thioether (sulfide) groups is 1. The van der Waals surface area contributed by atoms with Crippen molar-refractivity contribution < 1.29 is 0 Å². The normalized spacial score (nSPS) is 13.2. The summed E-state index contributed by atoms with van der Waals surface area (Å²) < 4.78 is 0. The Bertz CT molecular complexity index is 198. The maximum atomic E-state index is 4.55. The van der Waals surface area contributed by atoms with Gasteiger partial charge in [0.15, 0.2) is 5.96 Å². The van der Waals surface area contributed by atoms with Gasteiger partial charge >= 0.3 is 0 Å². The molecule has 0 spiro atoms. The number of hydrogen-bond donors (Lipinski definition) is 2. The summed E-state index contributed by atoms with van der Waals surface area (Å²) in [6.07, 6.45) is 3.28. The van der Waals surface area contributed by atoms with Crippen LogP contribution in [0.5, 0.6) is 0 Å². The molecule has 1 atom stereocenters. The molecule has 2 N–H and O–H groups in total. The molecule has 0 aromatic carbocycles. The zero-order valence-corrected chi connectivity index (χ0v) is 14.9. The molecule has 3 nitrogen and oxygen atoms in total. The van der Waals surface area contributed by atoms with Gasteiger partial charge in [0.25, 0.3) is 0 Å². The minimum atomic E-state index is 0. The van der Waals surface area contributed by atoms with Crippen LogP contribution in [0.3, 0.4) is 0 Å². The van der Waals surface area contributed by atoms with Crippen molar-refractivity contribution in [3.8, 4) is 0 Å². The molecule has 0 rings (SSSR count). The third kappa shape index (κ3) is 11.2. The third-order valence-corrected chi connectivity index (χ3v) is 3.18. The first-order valence-corrected chi connectivity index (χ1v) is 7.55. The minimum absolute atomic E-state index is 0. The quantitative estimate of drug-likeness (QED) is 0.312. The number of rotatable bonds is 7. The van der Waals surface area contributed by atoms with Gasteiger partial charge < -0.3 is 10.6 Å². The van der Waals surface area contributed by atoms with E-state index in [1.165, 1.54) is 5.75 Å². The summed E-state index contributed by atoms with van der Waals surface area (Å²) >= 11 is 1.88. The molecular weight excluding hydrogens is 345 g/mol. The molecule has 0 saturated heterocycles. The smallest absolute Gasteiger partial charge is 0.191 e. The molecule has 17 heavy (non-hydrogen) atoms. The van der Waals surface area contributed by atoms with E-state index in [4.69, 9.17) is 0 Å². The Morgan fingerprint density at radius 3 is 2.41 bits per heavy atom. The monoisotopic (exact) mass is 373 g/mol. The third-order valence-electron chi connectivity index (χ3n) is 2.49. The van der Waals surface area contributed by atoms with Gasteiger partial charge in [-0.15, -0.1) is 24.0 Å². The van der Waals surface area contributed by atoms with Crippen molar-refractivity contribution in [3.63, 3.8) is 0 Å². The molecule has 0 amide bonds. The average Bonchev–Trinajstić information content (AvgIpc) is 2.24. The highest BCUT2D eigenvalue weighted by atomic mass is 127. The van der Waals surface area contributed by atoms with Gasteiger partial charge in [-0.25, -0.2) is 0 Å². The summed E-state index contributed by atoms with van der Waals surface area (Å²) in [7, 11) is 0. The molecule has 1 unspecified atom stereocenters. The van der Waals surface area contributed by atoms with E-state index in [2.05, 4.69) is 49.6 Å². The van der Waals surface area contributed by atoms with E-state index in [0.717, 1.165) is 25.5 Å². The molecule has 0 aliphatic carbocycles. The van der Waals surface area contributed by atoms with Crippen molar-refractivity contribution in [2.75, 3.05) is 25.1 Å². The highest BCUT2D eigenvalue weighted by Crippen LogP contribution is 1.99. The van der Waals surface area contributed by atoms with E-state index in [9.17, 15) is 0 Å². The van der Waals surface area contributed by atoms with Crippen LogP contribution in [0, 0.1) is 5.92 Å². The van der Waals surface area contributed by atoms with Crippen molar-refractivity contribution in [2.24, 2.45) is 10.9 Å². The lowest BCUT2D eigenvalue weighted by molar-refractivity contribution is 0.481. The number of aliphatic imine (C=N–C) groups is 1. The van der Waals surface area contributed by atoms with Crippen LogP contribution < -0.4 is 10.6 Å². The standard InChI is InChI=1S/C12H27N3S.HI/c1-6-13-12(14-8-7-9-16-5)15-11(4)10(2)3;/h10-11H,6-9H2,1-5H3,(H2,13,14,15);1H. The molecule has 0 radical (unpaired) electrons. The number of hydrogen-bond acceptors (Lipinski definition) is 2. The van der Waals surface area contributed by atoms with Crippen LogP contribution in [-0.2, 0) is 0 Å². The van der Waals surface area contributed by atoms with E-state index >= 15 is 0 Å². The van der Waals surface area contributed by atoms with Gasteiger partial charge in [-0.05, 0) is 38.2 Å². The van der Waals surface area contributed by atoms with Crippen LogP contribution in [0.1, 0.15) is 34.1 Å². The van der Waals surface area contributed by atoms with Gasteiger partial charge in [0, 0.05) is 19.1 Å². The molecule has 0 aliphatic heterocycles. The lowest BCUT2D eigenvalue weighted by atomic mass is 10.1. The summed E-state index contributed by atoms with van der Waals surface area (Å²) in [5, 5.41) is 6.70. The largest absolute Gasteiger partial charge is 0.357 e. The molecule has 5 heteroatoms. The molecule has 0 aromatic heterocycles. The minimum Gasteiger partial charge on any atom is -0.357 e. The van der Waals surface area contributed by atoms with E-state index in [0.29, 0.717) is 12.0 Å². The van der Waals surface area contributed by atoms with Gasteiger partial charge in [-0.2, -0.15) is 11.8 Å². The maximum absolute atomic E-state index is 4.55. The summed E-state index contributed by atoms with van der Waals surface area (Å²) in [6.45, 7) is 10.5. The van der Waals surface area contributed by atoms with Gasteiger partial charge in [-0.3, -0.25) is 4.99 Å². The molecule has 0 bridgehead atoms. The van der Waals surface area contributed by atoms with Crippen molar-refractivity contribution in [1.29, 1.82) is 0 Å². The van der Waals surface area contributed by atoms with E-state index in [1.807, 2.05) is 11.8 Å². The second kappa shape index (κ2) is 12.8. The summed E-state index contributed by atoms with van der Waals surface area (Å²) in [5.41, 5.74) is 0. The fourth-order valence-corrected chi connectivity index (χ4v) is 1.52. The Morgan fingerprint density at radius 2 is 1.94 bits per heavy atom. The number of halogens is 1. The van der Waals surface area contributed by atoms with Gasteiger partial charge in [0.05, 0.1) is 0 Å². The number of guanidine groups is 1. The first-order valence-electron chi connectivity index (χ1n) is 6.15. The molecule has 0 aliphatic rings. The molecule has 0 fully saturated rings. The van der Waals surface area contributed by atoms with Crippen LogP contribution in [0.4, 0.5) is 0 Å². The Morgan fingerprint density at radius 1 is 1.29 bits per heavy atom. The number of nitrogens with zero attached hydrogens (tertiary/aromatic N) is 1. The first kappa shape index (κ1) is 19.7. The molecule has 104 valence electrons. The van der Waals surface area contributed by atoms with Gasteiger partial charge in [-0.1, -0.05) is 13.8 Å². The van der Waals surface area contributed by atoms with Gasteiger partial charge in [0.2, 0.25) is 0 Å². The fraction of sp³-hybridized carbons (Fsp3) is 0.917. The highest BCUT2D eigenvalue weighted by molar-refractivity contribution is 14.0. The highest BCUT2D eigenvalue weighted by Gasteiger charge is 2.08. The predicted octanol–water partition coefficient (Wildman–Crippen LogP) is 2.96. The molecular formula is C12H28IN3S. The maximum Gasteiger partial charge on any atom is 0.191 e. The van der Waals surface area contributed by atoms with Crippen molar-refractivity contribution >= 4 is 41.7 Å². The van der Waals surface area contributed by atoms with E-state index < -0.39 is 0 Å². The number of nitrogens with one attached hydrogen (secondary N) is 2. The molecule has 0 saturated carbocycles. The summed E-state index contributed by atoms with van der Waals surface area (Å²) in [5.74, 6) is 2.75. The van der Waals surface area contributed by atoms with Crippen molar-refractivity contribution in [2.45, 2.75) is 40.2 Å². The zero-order chi connectivity index (χ0) is 12.4. The SMILES string of the molecule is CCNC(=NCCCSC)NC(C)C(C)C.I. The van der Waals surface area contributed by atoms with Crippen molar-refractivity contribution in [3.05, 3.63) is 0 Å². The first-order chi connectivity index (χ1) is 7.61. The Kier molecular flexibility index (Phi) is 14.8.